The van der Waals surface area contributed by atoms with Crippen LogP contribution in [0.25, 0.3) is 0 Å². The number of ether oxygens (including phenoxy) is 3. The van der Waals surface area contributed by atoms with Crippen LogP contribution in [0.2, 0.25) is 0 Å². The van der Waals surface area contributed by atoms with Crippen molar-refractivity contribution in [1.29, 1.82) is 0 Å². The van der Waals surface area contributed by atoms with Gasteiger partial charge in [-0.05, 0) is 44.1 Å². The zero-order chi connectivity index (χ0) is 25.8. The Labute approximate surface area is 209 Å². The van der Waals surface area contributed by atoms with E-state index in [1.807, 2.05) is 45.9 Å². The van der Waals surface area contributed by atoms with Gasteiger partial charge in [-0.1, -0.05) is 58.1 Å². The molecule has 0 bridgehead atoms. The fraction of sp³-hybridized carbons (Fsp3) is 0.750. The van der Waals surface area contributed by atoms with Crippen molar-refractivity contribution in [1.82, 2.24) is 0 Å². The molecule has 3 heterocycles. The van der Waals surface area contributed by atoms with Crippen molar-refractivity contribution >= 4 is 5.97 Å². The fourth-order valence-electron chi connectivity index (χ4n) is 4.96. The number of rotatable bonds is 8. The number of carbonyl (C=O) groups is 1. The third-order valence-electron chi connectivity index (χ3n) is 7.71. The standard InChI is InChI=1S/C28H44O7/c1-6-22(30)20(5)27-23(34-27)14-17(2)8-7-9-18(3)26-19(4)10-11-24(31)28(16-33-28)13-12-21(29)15-25(32)35-26/h7-11,17,19-24,26-27,29-31H,6,12-16H2,1-5H3/b8-7+,11-10+,18-9+/t17-,19-,20+,21+,22-,23+,24-,26+,27+,28-/m0/s1. The van der Waals surface area contributed by atoms with Crippen molar-refractivity contribution in [3.8, 4) is 0 Å². The molecular weight excluding hydrogens is 448 g/mol. The van der Waals surface area contributed by atoms with Gasteiger partial charge in [0.05, 0.1) is 37.4 Å². The number of aliphatic hydroxyl groups is 3. The number of allylic oxidation sites excluding steroid dienone is 3. The number of hydrogen-bond acceptors (Lipinski definition) is 7. The van der Waals surface area contributed by atoms with Crippen molar-refractivity contribution in [2.45, 2.75) is 109 Å². The summed E-state index contributed by atoms with van der Waals surface area (Å²) < 4.78 is 17.1. The Hall–Kier alpha value is -1.51. The maximum absolute atomic E-state index is 12.5. The lowest BCUT2D eigenvalue weighted by Gasteiger charge is -2.26. The fourth-order valence-corrected chi connectivity index (χ4v) is 4.96. The van der Waals surface area contributed by atoms with Crippen molar-refractivity contribution in [2.24, 2.45) is 17.8 Å². The van der Waals surface area contributed by atoms with Crippen LogP contribution in [0.4, 0.5) is 0 Å². The summed E-state index contributed by atoms with van der Waals surface area (Å²) in [5, 5.41) is 30.9. The summed E-state index contributed by atoms with van der Waals surface area (Å²) in [6, 6.07) is 0. The highest BCUT2D eigenvalue weighted by molar-refractivity contribution is 5.70. The van der Waals surface area contributed by atoms with E-state index < -0.39 is 29.9 Å². The van der Waals surface area contributed by atoms with Crippen LogP contribution in [0, 0.1) is 17.8 Å². The molecule has 3 N–H and O–H groups in total. The maximum Gasteiger partial charge on any atom is 0.309 e. The minimum Gasteiger partial charge on any atom is -0.457 e. The van der Waals surface area contributed by atoms with E-state index in [9.17, 15) is 20.1 Å². The predicted molar refractivity (Wildman–Crippen MR) is 134 cm³/mol. The summed E-state index contributed by atoms with van der Waals surface area (Å²) in [7, 11) is 0. The van der Waals surface area contributed by atoms with Gasteiger partial charge in [-0.15, -0.1) is 0 Å². The van der Waals surface area contributed by atoms with Gasteiger partial charge in [0.1, 0.15) is 17.8 Å². The predicted octanol–water partition coefficient (Wildman–Crippen LogP) is 3.47. The van der Waals surface area contributed by atoms with Crippen LogP contribution >= 0.6 is 0 Å². The average molecular weight is 493 g/mol. The number of epoxide rings is 2. The van der Waals surface area contributed by atoms with Crippen LogP contribution < -0.4 is 0 Å². The lowest BCUT2D eigenvalue weighted by Crippen LogP contribution is -2.33. The lowest BCUT2D eigenvalue weighted by molar-refractivity contribution is -0.151. The van der Waals surface area contributed by atoms with Gasteiger partial charge in [0.2, 0.25) is 0 Å². The molecule has 35 heavy (non-hydrogen) atoms. The molecule has 10 atom stereocenters. The van der Waals surface area contributed by atoms with Gasteiger partial charge in [0.25, 0.3) is 0 Å². The Kier molecular flexibility index (Phi) is 9.75. The zero-order valence-corrected chi connectivity index (χ0v) is 21.8. The first-order chi connectivity index (χ1) is 16.6. The highest BCUT2D eigenvalue weighted by Gasteiger charge is 2.50. The molecule has 0 radical (unpaired) electrons. The van der Waals surface area contributed by atoms with Gasteiger partial charge in [-0.3, -0.25) is 4.79 Å². The number of hydrogen-bond donors (Lipinski definition) is 3. The Bertz CT molecular complexity index is 799. The quantitative estimate of drug-likeness (QED) is 0.206. The first kappa shape index (κ1) is 28.1. The molecular formula is C28H44O7. The van der Waals surface area contributed by atoms with Crippen LogP contribution in [-0.4, -0.2) is 70.1 Å². The Balaban J connectivity index is 1.61. The minimum absolute atomic E-state index is 0.0764. The van der Waals surface area contributed by atoms with Crippen molar-refractivity contribution < 1.29 is 34.3 Å². The highest BCUT2D eigenvalue weighted by atomic mass is 16.6. The summed E-state index contributed by atoms with van der Waals surface area (Å²) in [5.41, 5.74) is 0.244. The minimum atomic E-state index is -0.824. The molecule has 7 heteroatoms. The molecule has 1 spiro atoms. The van der Waals surface area contributed by atoms with Crippen LogP contribution in [0.5, 0.6) is 0 Å². The topological polar surface area (TPSA) is 112 Å². The molecule has 0 saturated carbocycles. The molecule has 3 aliphatic heterocycles. The zero-order valence-electron chi connectivity index (χ0n) is 21.8. The Morgan fingerprint density at radius 3 is 2.66 bits per heavy atom. The second-order valence-corrected chi connectivity index (χ2v) is 10.8. The number of cyclic esters (lactones) is 1. The van der Waals surface area contributed by atoms with Gasteiger partial charge in [-0.25, -0.2) is 0 Å². The number of aliphatic hydroxyl groups excluding tert-OH is 3. The van der Waals surface area contributed by atoms with E-state index in [0.29, 0.717) is 25.4 Å². The summed E-state index contributed by atoms with van der Waals surface area (Å²) in [6.07, 6.45) is 9.99. The third kappa shape index (κ3) is 7.73. The second kappa shape index (κ2) is 12.2. The molecule has 0 aliphatic carbocycles. The van der Waals surface area contributed by atoms with Crippen molar-refractivity contribution in [3.63, 3.8) is 0 Å². The summed E-state index contributed by atoms with van der Waals surface area (Å²) >= 11 is 0. The Morgan fingerprint density at radius 1 is 1.29 bits per heavy atom. The molecule has 3 aliphatic rings. The summed E-state index contributed by atoms with van der Waals surface area (Å²) in [6.45, 7) is 10.5. The van der Waals surface area contributed by atoms with Gasteiger partial charge in [-0.2, -0.15) is 0 Å². The van der Waals surface area contributed by atoms with Crippen molar-refractivity contribution in [2.75, 3.05) is 6.61 Å². The average Bonchev–Trinajstić information content (AvgIpc) is 3.74. The molecule has 2 saturated heterocycles. The van der Waals surface area contributed by atoms with E-state index in [2.05, 4.69) is 13.0 Å². The molecule has 0 amide bonds. The molecule has 3 rings (SSSR count). The van der Waals surface area contributed by atoms with E-state index in [4.69, 9.17) is 14.2 Å². The third-order valence-corrected chi connectivity index (χ3v) is 7.71. The number of esters is 1. The van der Waals surface area contributed by atoms with Crippen LogP contribution in [0.3, 0.4) is 0 Å². The maximum atomic E-state index is 12.5. The van der Waals surface area contributed by atoms with Gasteiger partial charge < -0.3 is 29.5 Å². The molecule has 7 nitrogen and oxygen atoms in total. The second-order valence-electron chi connectivity index (χ2n) is 10.8. The van der Waals surface area contributed by atoms with Gasteiger partial charge in [0.15, 0.2) is 0 Å². The van der Waals surface area contributed by atoms with E-state index in [1.54, 1.807) is 6.08 Å². The van der Waals surface area contributed by atoms with Crippen LogP contribution in [0.15, 0.2) is 36.0 Å². The van der Waals surface area contributed by atoms with Crippen LogP contribution in [0.1, 0.15) is 66.7 Å². The monoisotopic (exact) mass is 492 g/mol. The van der Waals surface area contributed by atoms with Crippen molar-refractivity contribution in [3.05, 3.63) is 36.0 Å². The van der Waals surface area contributed by atoms with E-state index in [0.717, 1.165) is 18.4 Å². The number of carbonyl (C=O) groups excluding carboxylic acids is 1. The normalized spacial score (nSPS) is 39.9. The first-order valence-corrected chi connectivity index (χ1v) is 13.1. The van der Waals surface area contributed by atoms with E-state index in [-0.39, 0.29) is 36.6 Å². The summed E-state index contributed by atoms with van der Waals surface area (Å²) in [5.74, 6) is -0.140. The van der Waals surface area contributed by atoms with Gasteiger partial charge in [0, 0.05) is 11.8 Å². The SMILES string of the molecule is CC[C@H](O)[C@@H](C)[C@H]1O[C@@H]1C[C@@H](C)/C=C/C=C(\C)[C@H]1OC(=O)C[C@H](O)CC[C@]2(CO2)[C@@H](O)/C=C/[C@@H]1C. The summed E-state index contributed by atoms with van der Waals surface area (Å²) in [4.78, 5) is 12.5. The largest absolute Gasteiger partial charge is 0.457 e. The van der Waals surface area contributed by atoms with Gasteiger partial charge >= 0.3 is 5.97 Å². The van der Waals surface area contributed by atoms with E-state index >= 15 is 0 Å². The molecule has 0 aromatic carbocycles. The van der Waals surface area contributed by atoms with E-state index in [1.165, 1.54) is 0 Å². The molecule has 198 valence electrons. The Morgan fingerprint density at radius 2 is 2.00 bits per heavy atom. The molecule has 0 aromatic rings. The highest BCUT2D eigenvalue weighted by Crippen LogP contribution is 2.38. The van der Waals surface area contributed by atoms with Crippen LogP contribution in [-0.2, 0) is 19.0 Å². The molecule has 2 fully saturated rings. The molecule has 0 unspecified atom stereocenters. The smallest absolute Gasteiger partial charge is 0.309 e. The lowest BCUT2D eigenvalue weighted by atomic mass is 9.91. The molecule has 0 aromatic heterocycles. The first-order valence-electron chi connectivity index (χ1n) is 13.1.